The third-order valence-corrected chi connectivity index (χ3v) is 5.73. The molecule has 0 saturated carbocycles. The minimum Gasteiger partial charge on any atom is -0.352 e. The van der Waals surface area contributed by atoms with Crippen molar-refractivity contribution >= 4 is 28.5 Å². The molecule has 1 aromatic heterocycles. The number of nitrogens with zero attached hydrogens (tertiary/aromatic N) is 2. The van der Waals surface area contributed by atoms with E-state index in [2.05, 4.69) is 10.6 Å². The number of imidazole rings is 1. The van der Waals surface area contributed by atoms with Crippen molar-refractivity contribution in [2.75, 3.05) is 11.9 Å². The Hall–Kier alpha value is -3.93. The Kier molecular flexibility index (Phi) is 6.54. The van der Waals surface area contributed by atoms with E-state index in [1.165, 1.54) is 0 Å². The Morgan fingerprint density at radius 2 is 1.67 bits per heavy atom. The van der Waals surface area contributed by atoms with Crippen LogP contribution in [0.15, 0.2) is 66.7 Å². The van der Waals surface area contributed by atoms with Crippen molar-refractivity contribution in [1.29, 1.82) is 0 Å². The number of rotatable bonds is 7. The smallest absolute Gasteiger partial charge is 0.251 e. The van der Waals surface area contributed by atoms with Crippen LogP contribution in [-0.4, -0.2) is 27.9 Å². The summed E-state index contributed by atoms with van der Waals surface area (Å²) in [5.41, 5.74) is 6.25. The van der Waals surface area contributed by atoms with Gasteiger partial charge in [0.05, 0.1) is 11.0 Å². The zero-order valence-electron chi connectivity index (χ0n) is 19.2. The number of carbonyl (C=O) groups is 2. The highest BCUT2D eigenvalue weighted by molar-refractivity contribution is 5.95. The zero-order valence-corrected chi connectivity index (χ0v) is 19.2. The Morgan fingerprint density at radius 1 is 0.909 bits per heavy atom. The van der Waals surface area contributed by atoms with Gasteiger partial charge in [-0.05, 0) is 61.7 Å². The van der Waals surface area contributed by atoms with Gasteiger partial charge >= 0.3 is 0 Å². The first-order valence-electron chi connectivity index (χ1n) is 11.1. The highest BCUT2D eigenvalue weighted by atomic mass is 16.2. The molecule has 0 fully saturated rings. The first-order valence-corrected chi connectivity index (χ1v) is 11.1. The van der Waals surface area contributed by atoms with Crippen LogP contribution in [0.1, 0.15) is 32.9 Å². The molecule has 6 heteroatoms. The number of carbonyl (C=O) groups excluding carboxylic acids is 2. The van der Waals surface area contributed by atoms with Gasteiger partial charge in [-0.1, -0.05) is 42.5 Å². The fourth-order valence-corrected chi connectivity index (χ4v) is 3.91. The zero-order chi connectivity index (χ0) is 23.4. The van der Waals surface area contributed by atoms with E-state index < -0.39 is 0 Å². The van der Waals surface area contributed by atoms with Crippen molar-refractivity contribution in [3.8, 4) is 0 Å². The lowest BCUT2D eigenvalue weighted by Gasteiger charge is -2.13. The van der Waals surface area contributed by atoms with Gasteiger partial charge in [0.25, 0.3) is 5.91 Å². The number of para-hydroxylation sites is 2. The minimum atomic E-state index is -0.114. The van der Waals surface area contributed by atoms with Crippen LogP contribution in [0, 0.1) is 20.8 Å². The molecule has 33 heavy (non-hydrogen) atoms. The van der Waals surface area contributed by atoms with E-state index in [-0.39, 0.29) is 18.4 Å². The van der Waals surface area contributed by atoms with Gasteiger partial charge in [-0.2, -0.15) is 0 Å². The van der Waals surface area contributed by atoms with Crippen LogP contribution in [0.2, 0.25) is 0 Å². The van der Waals surface area contributed by atoms with E-state index in [0.717, 1.165) is 39.2 Å². The standard InChI is InChI=1S/C27H28N4O2/c1-18-12-13-20(3)23(16-18)30-26(32)17-31-24-11-7-6-10-22(24)29-25(31)14-15-28-27(33)21-9-5-4-8-19(21)2/h4-13,16H,14-15,17H2,1-3H3,(H,28,33)(H,30,32). The number of aromatic nitrogens is 2. The van der Waals surface area contributed by atoms with E-state index >= 15 is 0 Å². The van der Waals surface area contributed by atoms with E-state index in [9.17, 15) is 9.59 Å². The lowest BCUT2D eigenvalue weighted by molar-refractivity contribution is -0.116. The maximum Gasteiger partial charge on any atom is 0.251 e. The summed E-state index contributed by atoms with van der Waals surface area (Å²) in [6.45, 7) is 6.47. The topological polar surface area (TPSA) is 76.0 Å². The number of aryl methyl sites for hydroxylation is 3. The van der Waals surface area contributed by atoms with E-state index in [4.69, 9.17) is 4.98 Å². The van der Waals surface area contributed by atoms with Gasteiger partial charge in [-0.25, -0.2) is 4.98 Å². The summed E-state index contributed by atoms with van der Waals surface area (Å²) in [5, 5.41) is 6.00. The number of benzene rings is 3. The Balaban J connectivity index is 1.49. The minimum absolute atomic E-state index is 0.108. The van der Waals surface area contributed by atoms with Gasteiger partial charge in [-0.15, -0.1) is 0 Å². The molecule has 3 aromatic carbocycles. The molecule has 1 heterocycles. The third kappa shape index (κ3) is 5.12. The molecular formula is C27H28N4O2. The van der Waals surface area contributed by atoms with Crippen LogP contribution in [0.25, 0.3) is 11.0 Å². The highest BCUT2D eigenvalue weighted by Gasteiger charge is 2.15. The van der Waals surface area contributed by atoms with Gasteiger partial charge in [0.2, 0.25) is 5.91 Å². The lowest BCUT2D eigenvalue weighted by atomic mass is 10.1. The average molecular weight is 441 g/mol. The van der Waals surface area contributed by atoms with E-state index in [1.54, 1.807) is 0 Å². The van der Waals surface area contributed by atoms with Crippen LogP contribution in [-0.2, 0) is 17.8 Å². The first-order chi connectivity index (χ1) is 15.9. The SMILES string of the molecule is Cc1ccc(C)c(NC(=O)Cn2c(CCNC(=O)c3ccccc3C)nc3ccccc32)c1. The quantitative estimate of drug-likeness (QED) is 0.442. The molecule has 0 unspecified atom stereocenters. The van der Waals surface area contributed by atoms with Crippen molar-refractivity contribution in [2.24, 2.45) is 0 Å². The summed E-state index contributed by atoms with van der Waals surface area (Å²) in [4.78, 5) is 30.2. The summed E-state index contributed by atoms with van der Waals surface area (Å²) in [6.07, 6.45) is 0.517. The molecule has 0 aliphatic heterocycles. The third-order valence-electron chi connectivity index (χ3n) is 5.73. The van der Waals surface area contributed by atoms with Gasteiger partial charge in [0.1, 0.15) is 12.4 Å². The average Bonchev–Trinajstić information content (AvgIpc) is 3.13. The normalized spacial score (nSPS) is 10.9. The predicted octanol–water partition coefficient (Wildman–Crippen LogP) is 4.57. The molecule has 0 aliphatic carbocycles. The first kappa shape index (κ1) is 22.3. The molecule has 0 aliphatic rings. The fourth-order valence-electron chi connectivity index (χ4n) is 3.91. The highest BCUT2D eigenvalue weighted by Crippen LogP contribution is 2.19. The molecule has 2 amide bonds. The fraction of sp³-hybridized carbons (Fsp3) is 0.222. The van der Waals surface area contributed by atoms with Gasteiger partial charge in [0.15, 0.2) is 0 Å². The Bertz CT molecular complexity index is 1320. The summed E-state index contributed by atoms with van der Waals surface area (Å²) < 4.78 is 1.93. The van der Waals surface area contributed by atoms with Crippen molar-refractivity contribution in [3.63, 3.8) is 0 Å². The maximum absolute atomic E-state index is 12.9. The molecule has 6 nitrogen and oxygen atoms in total. The molecule has 4 aromatic rings. The van der Waals surface area contributed by atoms with Crippen molar-refractivity contribution in [1.82, 2.24) is 14.9 Å². The molecular weight excluding hydrogens is 412 g/mol. The van der Waals surface area contributed by atoms with E-state index in [0.29, 0.717) is 18.5 Å². The number of anilines is 1. The second kappa shape index (κ2) is 9.69. The van der Waals surface area contributed by atoms with Crippen molar-refractivity contribution in [3.05, 3.63) is 94.8 Å². The molecule has 168 valence electrons. The second-order valence-electron chi connectivity index (χ2n) is 8.29. The van der Waals surface area contributed by atoms with Gasteiger partial charge < -0.3 is 15.2 Å². The lowest BCUT2D eigenvalue weighted by Crippen LogP contribution is -2.27. The number of hydrogen-bond acceptors (Lipinski definition) is 3. The van der Waals surface area contributed by atoms with Crippen LogP contribution in [0.5, 0.6) is 0 Å². The molecule has 0 spiro atoms. The van der Waals surface area contributed by atoms with Crippen LogP contribution in [0.4, 0.5) is 5.69 Å². The molecule has 0 saturated heterocycles. The molecule has 0 bridgehead atoms. The number of hydrogen-bond donors (Lipinski definition) is 2. The second-order valence-corrected chi connectivity index (χ2v) is 8.29. The molecule has 2 N–H and O–H groups in total. The number of fused-ring (bicyclic) bond motifs is 1. The van der Waals surface area contributed by atoms with Crippen molar-refractivity contribution < 1.29 is 9.59 Å². The number of amides is 2. The summed E-state index contributed by atoms with van der Waals surface area (Å²) in [6, 6.07) is 21.3. The van der Waals surface area contributed by atoms with Gasteiger partial charge in [-0.3, -0.25) is 9.59 Å². The largest absolute Gasteiger partial charge is 0.352 e. The monoisotopic (exact) mass is 440 g/mol. The molecule has 4 rings (SSSR count). The summed E-state index contributed by atoms with van der Waals surface area (Å²) >= 11 is 0. The molecule has 0 radical (unpaired) electrons. The maximum atomic E-state index is 12.9. The molecule has 0 atom stereocenters. The summed E-state index contributed by atoms with van der Waals surface area (Å²) in [7, 11) is 0. The van der Waals surface area contributed by atoms with Crippen molar-refractivity contribution in [2.45, 2.75) is 33.7 Å². The van der Waals surface area contributed by atoms with E-state index in [1.807, 2.05) is 92.1 Å². The Labute approximate surface area is 193 Å². The number of nitrogens with one attached hydrogen (secondary N) is 2. The van der Waals surface area contributed by atoms with Crippen LogP contribution >= 0.6 is 0 Å². The summed E-state index contributed by atoms with van der Waals surface area (Å²) in [5.74, 6) is 0.540. The predicted molar refractivity (Wildman–Crippen MR) is 131 cm³/mol. The van der Waals surface area contributed by atoms with Crippen LogP contribution in [0.3, 0.4) is 0 Å². The Morgan fingerprint density at radius 3 is 2.48 bits per heavy atom. The van der Waals surface area contributed by atoms with Crippen LogP contribution < -0.4 is 10.6 Å². The van der Waals surface area contributed by atoms with Gasteiger partial charge in [0, 0.05) is 24.2 Å².